The Morgan fingerprint density at radius 3 is 2.68 bits per heavy atom. The second-order valence-corrected chi connectivity index (χ2v) is 4.96. The van der Waals surface area contributed by atoms with E-state index in [4.69, 9.17) is 10.2 Å². The van der Waals surface area contributed by atoms with Gasteiger partial charge in [0, 0.05) is 0 Å². The van der Waals surface area contributed by atoms with Gasteiger partial charge >= 0.3 is 0 Å². The normalized spacial score (nSPS) is 11.1. The van der Waals surface area contributed by atoms with Gasteiger partial charge in [0.1, 0.15) is 5.52 Å². The minimum absolute atomic E-state index is 0.350. The summed E-state index contributed by atoms with van der Waals surface area (Å²) in [6.07, 6.45) is 3.45. The fourth-order valence-corrected chi connectivity index (χ4v) is 2.35. The van der Waals surface area contributed by atoms with Crippen molar-refractivity contribution in [2.45, 2.75) is 6.54 Å². The molecule has 0 atom stereocenters. The molecule has 6 nitrogen and oxygen atoms in total. The lowest BCUT2D eigenvalue weighted by Gasteiger charge is -2.00. The molecule has 0 unspecified atom stereocenters. The first kappa shape index (κ1) is 12.6. The quantitative estimate of drug-likeness (QED) is 0.627. The van der Waals surface area contributed by atoms with Crippen molar-refractivity contribution in [2.75, 3.05) is 5.73 Å². The lowest BCUT2D eigenvalue weighted by Crippen LogP contribution is -2.00. The molecule has 0 amide bonds. The van der Waals surface area contributed by atoms with Gasteiger partial charge in [-0.15, -0.1) is 0 Å². The van der Waals surface area contributed by atoms with Crippen molar-refractivity contribution in [1.29, 1.82) is 0 Å². The average Bonchev–Trinajstić information content (AvgIpc) is 3.17. The van der Waals surface area contributed by atoms with Gasteiger partial charge in [0.25, 0.3) is 0 Å². The van der Waals surface area contributed by atoms with Gasteiger partial charge in [-0.25, -0.2) is 9.97 Å². The van der Waals surface area contributed by atoms with Crippen LogP contribution in [0, 0.1) is 0 Å². The first-order valence-corrected chi connectivity index (χ1v) is 6.88. The maximum absolute atomic E-state index is 6.00. The smallest absolute Gasteiger partial charge is 0.198 e. The molecule has 0 saturated carbocycles. The highest BCUT2D eigenvalue weighted by molar-refractivity contribution is 5.85. The molecule has 0 aliphatic rings. The Morgan fingerprint density at radius 1 is 1.05 bits per heavy atom. The Labute approximate surface area is 126 Å². The van der Waals surface area contributed by atoms with E-state index in [0.29, 0.717) is 35.0 Å². The zero-order valence-electron chi connectivity index (χ0n) is 11.7. The van der Waals surface area contributed by atoms with E-state index < -0.39 is 0 Å². The molecule has 1 aromatic carbocycles. The lowest BCUT2D eigenvalue weighted by atomic mass is 10.2. The first-order valence-electron chi connectivity index (χ1n) is 6.88. The highest BCUT2D eigenvalue weighted by Crippen LogP contribution is 2.22. The molecular weight excluding hydrogens is 278 g/mol. The van der Waals surface area contributed by atoms with Crippen molar-refractivity contribution >= 4 is 16.9 Å². The molecule has 6 heteroatoms. The van der Waals surface area contributed by atoms with Crippen LogP contribution in [-0.4, -0.2) is 19.7 Å². The summed E-state index contributed by atoms with van der Waals surface area (Å²) in [5.74, 6) is 1.40. The van der Waals surface area contributed by atoms with E-state index in [-0.39, 0.29) is 0 Å². The molecule has 3 aromatic heterocycles. The zero-order valence-corrected chi connectivity index (χ0v) is 11.7. The van der Waals surface area contributed by atoms with E-state index in [1.807, 2.05) is 29.1 Å². The Hall–Kier alpha value is -3.15. The Morgan fingerprint density at radius 2 is 1.91 bits per heavy atom. The molecule has 0 bridgehead atoms. The minimum Gasteiger partial charge on any atom is -0.461 e. The topological polar surface area (TPSA) is 82.8 Å². The highest BCUT2D eigenvalue weighted by atomic mass is 16.3. The molecule has 0 spiro atoms. The lowest BCUT2D eigenvalue weighted by molar-refractivity contribution is 0.578. The molecular formula is C16H13N5O. The molecule has 0 fully saturated rings. The number of hydrogen-bond donors (Lipinski definition) is 1. The molecule has 0 radical (unpaired) electrons. The van der Waals surface area contributed by atoms with Crippen LogP contribution < -0.4 is 5.73 Å². The van der Waals surface area contributed by atoms with Crippen LogP contribution >= 0.6 is 0 Å². The number of nitrogens with two attached hydrogens (primary N) is 1. The molecule has 0 aliphatic heterocycles. The van der Waals surface area contributed by atoms with E-state index in [9.17, 15) is 0 Å². The van der Waals surface area contributed by atoms with Crippen LogP contribution in [-0.2, 0) is 6.54 Å². The van der Waals surface area contributed by atoms with Crippen molar-refractivity contribution in [3.05, 3.63) is 60.5 Å². The van der Waals surface area contributed by atoms with Crippen LogP contribution in [0.5, 0.6) is 0 Å². The summed E-state index contributed by atoms with van der Waals surface area (Å²) in [6, 6.07) is 13.7. The largest absolute Gasteiger partial charge is 0.461 e. The van der Waals surface area contributed by atoms with Crippen LogP contribution in [0.4, 0.5) is 5.82 Å². The predicted octanol–water partition coefficient (Wildman–Crippen LogP) is 2.72. The van der Waals surface area contributed by atoms with Crippen molar-refractivity contribution in [2.24, 2.45) is 0 Å². The zero-order chi connectivity index (χ0) is 14.9. The number of nitrogens with zero attached hydrogens (tertiary/aromatic N) is 4. The van der Waals surface area contributed by atoms with E-state index in [0.717, 1.165) is 5.56 Å². The molecule has 4 aromatic rings. The van der Waals surface area contributed by atoms with Gasteiger partial charge in [-0.3, -0.25) is 4.68 Å². The number of hydrogen-bond acceptors (Lipinski definition) is 5. The summed E-state index contributed by atoms with van der Waals surface area (Å²) in [5, 5.41) is 4.47. The summed E-state index contributed by atoms with van der Waals surface area (Å²) >= 11 is 0. The van der Waals surface area contributed by atoms with Gasteiger partial charge in [0.15, 0.2) is 22.9 Å². The molecule has 108 valence electrons. The van der Waals surface area contributed by atoms with Crippen LogP contribution in [0.15, 0.2) is 59.3 Å². The summed E-state index contributed by atoms with van der Waals surface area (Å²) in [5.41, 5.74) is 8.47. The summed E-state index contributed by atoms with van der Waals surface area (Å²) in [7, 11) is 0. The van der Waals surface area contributed by atoms with Crippen molar-refractivity contribution in [3.8, 4) is 11.6 Å². The third kappa shape index (κ3) is 2.20. The number of benzene rings is 1. The van der Waals surface area contributed by atoms with Crippen LogP contribution in [0.25, 0.3) is 22.6 Å². The molecule has 2 N–H and O–H groups in total. The number of rotatable bonds is 3. The highest BCUT2D eigenvalue weighted by Gasteiger charge is 2.12. The first-order chi connectivity index (χ1) is 10.8. The standard InChI is InChI=1S/C16H13N5O/c17-15-14-12(18-16(19-15)13-7-4-8-22-13)10-21(20-14)9-11-5-2-1-3-6-11/h1-8,10H,9H2,(H2,17,18,19). The molecule has 3 heterocycles. The minimum atomic E-state index is 0.350. The second-order valence-electron chi connectivity index (χ2n) is 4.96. The third-order valence-electron chi connectivity index (χ3n) is 3.37. The summed E-state index contributed by atoms with van der Waals surface area (Å²) < 4.78 is 7.13. The van der Waals surface area contributed by atoms with Gasteiger partial charge in [-0.1, -0.05) is 30.3 Å². The number of fused-ring (bicyclic) bond motifs is 1. The average molecular weight is 291 g/mol. The number of anilines is 1. The fraction of sp³-hybridized carbons (Fsp3) is 0.0625. The SMILES string of the molecule is Nc1nc(-c2ccco2)nc2cn(Cc3ccccc3)nc12. The molecule has 0 saturated heterocycles. The Balaban J connectivity index is 1.76. The van der Waals surface area contributed by atoms with Crippen molar-refractivity contribution < 1.29 is 4.42 Å². The van der Waals surface area contributed by atoms with Gasteiger partial charge < -0.3 is 10.2 Å². The number of nitrogen functional groups attached to an aromatic ring is 1. The van der Waals surface area contributed by atoms with Gasteiger partial charge in [-0.2, -0.15) is 5.10 Å². The molecule has 22 heavy (non-hydrogen) atoms. The molecule has 0 aliphatic carbocycles. The van der Waals surface area contributed by atoms with Gasteiger partial charge in [0.05, 0.1) is 19.0 Å². The maximum Gasteiger partial charge on any atom is 0.198 e. The second kappa shape index (κ2) is 5.00. The predicted molar refractivity (Wildman–Crippen MR) is 83.0 cm³/mol. The number of aromatic nitrogens is 4. The van der Waals surface area contributed by atoms with Crippen molar-refractivity contribution in [1.82, 2.24) is 19.7 Å². The van der Waals surface area contributed by atoms with Gasteiger partial charge in [0.2, 0.25) is 0 Å². The van der Waals surface area contributed by atoms with Crippen LogP contribution in [0.2, 0.25) is 0 Å². The third-order valence-corrected chi connectivity index (χ3v) is 3.37. The van der Waals surface area contributed by atoms with E-state index in [1.54, 1.807) is 18.4 Å². The van der Waals surface area contributed by atoms with Crippen molar-refractivity contribution in [3.63, 3.8) is 0 Å². The maximum atomic E-state index is 6.00. The van der Waals surface area contributed by atoms with E-state index in [2.05, 4.69) is 27.2 Å². The molecule has 4 rings (SSSR count). The Bertz CT molecular complexity index is 913. The van der Waals surface area contributed by atoms with E-state index in [1.165, 1.54) is 0 Å². The fourth-order valence-electron chi connectivity index (χ4n) is 2.35. The summed E-state index contributed by atoms with van der Waals surface area (Å²) in [6.45, 7) is 0.659. The monoisotopic (exact) mass is 291 g/mol. The van der Waals surface area contributed by atoms with Crippen LogP contribution in [0.3, 0.4) is 0 Å². The van der Waals surface area contributed by atoms with E-state index >= 15 is 0 Å². The number of furan rings is 1. The van der Waals surface area contributed by atoms with Gasteiger partial charge in [-0.05, 0) is 17.7 Å². The summed E-state index contributed by atoms with van der Waals surface area (Å²) in [4.78, 5) is 8.73. The Kier molecular flexibility index (Phi) is 2.86. The van der Waals surface area contributed by atoms with Crippen LogP contribution in [0.1, 0.15) is 5.56 Å².